The molecule has 1 unspecified atom stereocenters. The van der Waals surface area contributed by atoms with Gasteiger partial charge in [-0.1, -0.05) is 6.07 Å². The van der Waals surface area contributed by atoms with Crippen molar-refractivity contribution in [3.63, 3.8) is 0 Å². The molecule has 1 atom stereocenters. The Morgan fingerprint density at radius 3 is 3.00 bits per heavy atom. The van der Waals surface area contributed by atoms with Gasteiger partial charge in [-0.15, -0.1) is 0 Å². The van der Waals surface area contributed by atoms with Gasteiger partial charge in [0, 0.05) is 19.3 Å². The third-order valence-corrected chi connectivity index (χ3v) is 4.93. The number of methoxy groups -OCH3 is 1. The smallest absolute Gasteiger partial charge is 0.321 e. The number of urea groups is 1. The van der Waals surface area contributed by atoms with Gasteiger partial charge in [-0.2, -0.15) is 4.98 Å². The van der Waals surface area contributed by atoms with E-state index >= 15 is 0 Å². The molecule has 0 saturated carbocycles. The average molecular weight is 427 g/mol. The zero-order chi connectivity index (χ0) is 22.1. The van der Waals surface area contributed by atoms with Gasteiger partial charge in [0.05, 0.1) is 18.1 Å². The Hall–Kier alpha value is -4.02. The van der Waals surface area contributed by atoms with Crippen molar-refractivity contribution in [2.75, 3.05) is 13.7 Å². The van der Waals surface area contributed by atoms with E-state index in [1.165, 1.54) is 18.1 Å². The van der Waals surface area contributed by atoms with Gasteiger partial charge in [0.2, 0.25) is 12.1 Å². The molecule has 0 spiro atoms. The lowest BCUT2D eigenvalue weighted by atomic mass is 10.1. The average Bonchev–Trinajstić information content (AvgIpc) is 3.29. The summed E-state index contributed by atoms with van der Waals surface area (Å²) in [4.78, 5) is 45.2. The SMILES string of the molecule is COc1ccc2c(c1F)C(=O)N(CC(NC(=O)NC=O)c1cc3cnc(C)nc3o1)C2. The first kappa shape index (κ1) is 20.3. The van der Waals surface area contributed by atoms with Gasteiger partial charge in [0.25, 0.3) is 5.91 Å². The van der Waals surface area contributed by atoms with E-state index in [9.17, 15) is 18.8 Å². The molecule has 4 rings (SSSR count). The molecule has 0 bridgehead atoms. The summed E-state index contributed by atoms with van der Waals surface area (Å²) in [5.74, 6) is -0.491. The van der Waals surface area contributed by atoms with Crippen molar-refractivity contribution in [1.82, 2.24) is 25.5 Å². The highest BCUT2D eigenvalue weighted by Crippen LogP contribution is 2.32. The van der Waals surface area contributed by atoms with E-state index in [2.05, 4.69) is 15.3 Å². The number of furan rings is 1. The molecule has 10 nitrogen and oxygen atoms in total. The van der Waals surface area contributed by atoms with Crippen LogP contribution in [0.2, 0.25) is 0 Å². The summed E-state index contributed by atoms with van der Waals surface area (Å²) in [7, 11) is 1.32. The Bertz CT molecular complexity index is 1190. The second-order valence-corrected chi connectivity index (χ2v) is 6.92. The van der Waals surface area contributed by atoms with Crippen LogP contribution in [-0.2, 0) is 11.3 Å². The maximum Gasteiger partial charge on any atom is 0.321 e. The Morgan fingerprint density at radius 2 is 2.26 bits per heavy atom. The van der Waals surface area contributed by atoms with E-state index in [0.29, 0.717) is 28.2 Å². The molecule has 31 heavy (non-hydrogen) atoms. The first-order chi connectivity index (χ1) is 14.9. The Morgan fingerprint density at radius 1 is 1.45 bits per heavy atom. The van der Waals surface area contributed by atoms with Crippen molar-refractivity contribution in [2.24, 2.45) is 0 Å². The van der Waals surface area contributed by atoms with Crippen LogP contribution in [0.4, 0.5) is 9.18 Å². The number of carbonyl (C=O) groups is 3. The number of aromatic nitrogens is 2. The molecule has 4 amide bonds. The molecule has 1 aromatic carbocycles. The molecule has 11 heteroatoms. The number of halogens is 1. The number of imide groups is 1. The van der Waals surface area contributed by atoms with Crippen molar-refractivity contribution >= 4 is 29.4 Å². The van der Waals surface area contributed by atoms with Gasteiger partial charge in [-0.25, -0.2) is 14.2 Å². The molecular formula is C20H18FN5O5. The predicted molar refractivity (Wildman–Crippen MR) is 105 cm³/mol. The first-order valence-corrected chi connectivity index (χ1v) is 9.29. The standard InChI is InChI=1S/C20H18FN5O5/c1-10-22-6-12-5-15(31-18(12)24-10)13(25-20(29)23-9-27)8-26-7-11-3-4-14(30-2)17(21)16(11)19(26)28/h3-6,9,13H,7-8H2,1-2H3,(H2,23,25,27,29). The van der Waals surface area contributed by atoms with Gasteiger partial charge >= 0.3 is 6.03 Å². The molecule has 0 fully saturated rings. The number of nitrogens with one attached hydrogen (secondary N) is 2. The molecule has 160 valence electrons. The molecule has 3 heterocycles. The number of amides is 4. The fourth-order valence-corrected chi connectivity index (χ4v) is 3.49. The van der Waals surface area contributed by atoms with Gasteiger partial charge in [-0.05, 0) is 24.6 Å². The van der Waals surface area contributed by atoms with Gasteiger partial charge in [0.1, 0.15) is 17.6 Å². The lowest BCUT2D eigenvalue weighted by Crippen LogP contribution is -2.42. The zero-order valence-electron chi connectivity index (χ0n) is 16.6. The predicted octanol–water partition coefficient (Wildman–Crippen LogP) is 1.83. The van der Waals surface area contributed by atoms with Crippen molar-refractivity contribution in [3.05, 3.63) is 52.9 Å². The van der Waals surface area contributed by atoms with Gasteiger partial charge in [-0.3, -0.25) is 14.9 Å². The molecule has 3 aromatic rings. The largest absolute Gasteiger partial charge is 0.494 e. The Labute approximate surface area is 175 Å². The monoisotopic (exact) mass is 427 g/mol. The van der Waals surface area contributed by atoms with Crippen LogP contribution in [0, 0.1) is 12.7 Å². The molecule has 2 aromatic heterocycles. The molecule has 2 N–H and O–H groups in total. The van der Waals surface area contributed by atoms with Crippen LogP contribution >= 0.6 is 0 Å². The molecule has 0 radical (unpaired) electrons. The van der Waals surface area contributed by atoms with E-state index in [1.54, 1.807) is 25.3 Å². The number of aryl methyl sites for hydroxylation is 1. The number of nitrogens with zero attached hydrogens (tertiary/aromatic N) is 3. The molecule has 1 aliphatic rings. The summed E-state index contributed by atoms with van der Waals surface area (Å²) in [6, 6.07) is 3.10. The molecule has 1 aliphatic heterocycles. The summed E-state index contributed by atoms with van der Waals surface area (Å²) in [5.41, 5.74) is 0.754. The number of carbonyl (C=O) groups excluding carboxylic acids is 3. The number of benzene rings is 1. The van der Waals surface area contributed by atoms with Gasteiger partial charge in [0.15, 0.2) is 11.6 Å². The lowest BCUT2D eigenvalue weighted by molar-refractivity contribution is -0.108. The van der Waals surface area contributed by atoms with Crippen LogP contribution in [0.25, 0.3) is 11.1 Å². The van der Waals surface area contributed by atoms with Crippen molar-refractivity contribution in [2.45, 2.75) is 19.5 Å². The maximum absolute atomic E-state index is 14.6. The second kappa shape index (κ2) is 8.01. The molecular weight excluding hydrogens is 409 g/mol. The normalized spacial score (nSPS) is 13.8. The van der Waals surface area contributed by atoms with Crippen molar-refractivity contribution < 1.29 is 27.9 Å². The quantitative estimate of drug-likeness (QED) is 0.575. The van der Waals surface area contributed by atoms with Gasteiger partial charge < -0.3 is 19.4 Å². The van der Waals surface area contributed by atoms with E-state index in [-0.39, 0.29) is 30.8 Å². The van der Waals surface area contributed by atoms with Crippen LogP contribution in [0.3, 0.4) is 0 Å². The summed E-state index contributed by atoms with van der Waals surface area (Å²) in [6.45, 7) is 1.81. The molecule has 0 saturated heterocycles. The first-order valence-electron chi connectivity index (χ1n) is 9.29. The highest BCUT2D eigenvalue weighted by atomic mass is 19.1. The zero-order valence-corrected chi connectivity index (χ0v) is 16.6. The summed E-state index contributed by atoms with van der Waals surface area (Å²) in [5, 5.41) is 5.18. The van der Waals surface area contributed by atoms with Crippen LogP contribution in [-0.4, -0.2) is 46.9 Å². The minimum atomic E-state index is -0.835. The number of hydrogen-bond acceptors (Lipinski definition) is 7. The topological polar surface area (TPSA) is 127 Å². The lowest BCUT2D eigenvalue weighted by Gasteiger charge is -2.23. The van der Waals surface area contributed by atoms with E-state index < -0.39 is 23.8 Å². The molecule has 0 aliphatic carbocycles. The Balaban J connectivity index is 1.64. The Kier molecular flexibility index (Phi) is 5.24. The highest BCUT2D eigenvalue weighted by Gasteiger charge is 2.34. The van der Waals surface area contributed by atoms with E-state index in [4.69, 9.17) is 9.15 Å². The minimum absolute atomic E-state index is 0.0276. The number of hydrogen-bond donors (Lipinski definition) is 2. The van der Waals surface area contributed by atoms with Crippen molar-refractivity contribution in [1.29, 1.82) is 0 Å². The van der Waals surface area contributed by atoms with E-state index in [1.807, 2.05) is 5.32 Å². The number of fused-ring (bicyclic) bond motifs is 2. The summed E-state index contributed by atoms with van der Waals surface area (Å²) < 4.78 is 25.3. The van der Waals surface area contributed by atoms with Crippen LogP contribution in [0.5, 0.6) is 5.75 Å². The summed E-state index contributed by atoms with van der Waals surface area (Å²) in [6.07, 6.45) is 1.81. The van der Waals surface area contributed by atoms with Crippen LogP contribution in [0.1, 0.15) is 33.5 Å². The third kappa shape index (κ3) is 3.77. The minimum Gasteiger partial charge on any atom is -0.494 e. The number of ether oxygens (including phenoxy) is 1. The maximum atomic E-state index is 14.6. The fourth-order valence-electron chi connectivity index (χ4n) is 3.49. The van der Waals surface area contributed by atoms with Crippen LogP contribution < -0.4 is 15.4 Å². The third-order valence-electron chi connectivity index (χ3n) is 4.93. The second-order valence-electron chi connectivity index (χ2n) is 6.92. The van der Waals surface area contributed by atoms with Crippen LogP contribution in [0.15, 0.2) is 28.8 Å². The fraction of sp³-hybridized carbons (Fsp3) is 0.250. The highest BCUT2D eigenvalue weighted by molar-refractivity contribution is 5.99. The summed E-state index contributed by atoms with van der Waals surface area (Å²) >= 11 is 0. The van der Waals surface area contributed by atoms with E-state index in [0.717, 1.165) is 0 Å². The van der Waals surface area contributed by atoms with Crippen molar-refractivity contribution in [3.8, 4) is 5.75 Å². The number of rotatable bonds is 6.